The number of carbonyl (C=O) groups is 5. The predicted molar refractivity (Wildman–Crippen MR) is 94.5 cm³/mol. The van der Waals surface area contributed by atoms with Gasteiger partial charge < -0.3 is 31.9 Å². The Morgan fingerprint density at radius 1 is 0.500 bits per heavy atom. The molecule has 0 spiro atoms. The van der Waals surface area contributed by atoms with Crippen LogP contribution in [0.2, 0.25) is 0 Å². The van der Waals surface area contributed by atoms with Gasteiger partial charge in [0, 0.05) is 0 Å². The van der Waals surface area contributed by atoms with Crippen LogP contribution in [0.5, 0.6) is 0 Å². The molecule has 0 bridgehead atoms. The summed E-state index contributed by atoms with van der Waals surface area (Å²) in [6.45, 7) is 0. The number of rotatable bonds is 4. The number of amides is 2. The maximum absolute atomic E-state index is 10.5. The van der Waals surface area contributed by atoms with Crippen LogP contribution in [0.4, 0.5) is 4.79 Å². The van der Waals surface area contributed by atoms with E-state index in [1.807, 2.05) is 0 Å². The van der Waals surface area contributed by atoms with E-state index in [9.17, 15) is 19.2 Å². The molecular formula is C17H16N2O9. The van der Waals surface area contributed by atoms with Gasteiger partial charge in [-0.05, 0) is 24.3 Å². The summed E-state index contributed by atoms with van der Waals surface area (Å²) >= 11 is 0. The fraction of sp³-hybridized carbons (Fsp3) is 0. The summed E-state index contributed by atoms with van der Waals surface area (Å²) in [7, 11) is 0. The molecule has 2 rings (SSSR count). The highest BCUT2D eigenvalue weighted by molar-refractivity contribution is 6.02. The minimum Gasteiger partial charge on any atom is -0.478 e. The molecule has 0 atom stereocenters. The van der Waals surface area contributed by atoms with Gasteiger partial charge in [-0.25, -0.2) is 24.0 Å². The van der Waals surface area contributed by atoms with Crippen LogP contribution in [0.3, 0.4) is 0 Å². The largest absolute Gasteiger partial charge is 0.478 e. The number of primary amides is 2. The van der Waals surface area contributed by atoms with Crippen molar-refractivity contribution in [1.82, 2.24) is 0 Å². The van der Waals surface area contributed by atoms with E-state index in [4.69, 9.17) is 25.2 Å². The number of urea groups is 1. The third-order valence-electron chi connectivity index (χ3n) is 2.78. The minimum absolute atomic E-state index is 0.190. The maximum Gasteiger partial charge on any atom is 0.336 e. The third-order valence-corrected chi connectivity index (χ3v) is 2.78. The number of nitrogens with two attached hydrogens (primary N) is 2. The van der Waals surface area contributed by atoms with Crippen LogP contribution in [-0.4, -0.2) is 50.3 Å². The fourth-order valence-corrected chi connectivity index (χ4v) is 1.71. The second-order valence-corrected chi connectivity index (χ2v) is 4.71. The van der Waals surface area contributed by atoms with Gasteiger partial charge in [-0.2, -0.15) is 0 Å². The summed E-state index contributed by atoms with van der Waals surface area (Å²) < 4.78 is 0. The van der Waals surface area contributed by atoms with E-state index in [2.05, 4.69) is 11.5 Å². The first-order valence-electron chi connectivity index (χ1n) is 7.15. The average molecular weight is 392 g/mol. The standard InChI is InChI=1S/2C8H6O4.CH4N2O/c2*9-7(10)5-3-1-2-4-6(5)8(11)12;2-1(3)4/h2*1-4H,(H,9,10)(H,11,12);(H4,2,3,4). The van der Waals surface area contributed by atoms with E-state index in [0.29, 0.717) is 0 Å². The number of aromatic carboxylic acids is 4. The molecule has 2 aromatic rings. The second kappa shape index (κ2) is 11.3. The molecule has 148 valence electrons. The zero-order chi connectivity index (χ0) is 21.9. The fourth-order valence-electron chi connectivity index (χ4n) is 1.71. The number of carboxylic acid groups (broad SMARTS) is 4. The van der Waals surface area contributed by atoms with Gasteiger partial charge in [0.2, 0.25) is 0 Å². The first kappa shape index (κ1) is 23.6. The van der Waals surface area contributed by atoms with Crippen LogP contribution in [-0.2, 0) is 0 Å². The van der Waals surface area contributed by atoms with Gasteiger partial charge in [-0.3, -0.25) is 0 Å². The van der Waals surface area contributed by atoms with Crippen molar-refractivity contribution >= 4 is 29.9 Å². The molecule has 0 unspecified atom stereocenters. The van der Waals surface area contributed by atoms with E-state index in [-0.39, 0.29) is 22.3 Å². The first-order valence-corrected chi connectivity index (χ1v) is 7.15. The molecule has 11 nitrogen and oxygen atoms in total. The van der Waals surface area contributed by atoms with E-state index in [0.717, 1.165) is 0 Å². The van der Waals surface area contributed by atoms with Crippen molar-refractivity contribution in [3.63, 3.8) is 0 Å². The number of hydrogen-bond donors (Lipinski definition) is 6. The molecule has 0 saturated heterocycles. The van der Waals surface area contributed by atoms with Crippen molar-refractivity contribution in [2.75, 3.05) is 0 Å². The molecule has 0 aliphatic heterocycles. The molecule has 2 amide bonds. The molecule has 0 aromatic heterocycles. The molecule has 0 saturated carbocycles. The van der Waals surface area contributed by atoms with Crippen LogP contribution in [0.1, 0.15) is 41.4 Å². The molecule has 0 aliphatic carbocycles. The topological polar surface area (TPSA) is 218 Å². The Morgan fingerprint density at radius 2 is 0.643 bits per heavy atom. The van der Waals surface area contributed by atoms with Crippen LogP contribution in [0.15, 0.2) is 48.5 Å². The smallest absolute Gasteiger partial charge is 0.336 e. The normalized spacial score (nSPS) is 8.86. The predicted octanol–water partition coefficient (Wildman–Crippen LogP) is 1.19. The Kier molecular flexibility index (Phi) is 9.48. The molecular weight excluding hydrogens is 376 g/mol. The van der Waals surface area contributed by atoms with Gasteiger partial charge in [0.1, 0.15) is 0 Å². The van der Waals surface area contributed by atoms with Crippen LogP contribution >= 0.6 is 0 Å². The van der Waals surface area contributed by atoms with Crippen molar-refractivity contribution in [2.45, 2.75) is 0 Å². The van der Waals surface area contributed by atoms with Gasteiger partial charge in [-0.1, -0.05) is 24.3 Å². The zero-order valence-electron chi connectivity index (χ0n) is 14.1. The molecule has 0 aliphatic rings. The van der Waals surface area contributed by atoms with E-state index >= 15 is 0 Å². The van der Waals surface area contributed by atoms with Gasteiger partial charge >= 0.3 is 29.9 Å². The Balaban J connectivity index is 0.000000439. The molecule has 0 heterocycles. The van der Waals surface area contributed by atoms with E-state index in [1.54, 1.807) is 0 Å². The summed E-state index contributed by atoms with van der Waals surface area (Å²) in [4.78, 5) is 50.9. The summed E-state index contributed by atoms with van der Waals surface area (Å²) in [6.07, 6.45) is 0. The third kappa shape index (κ3) is 8.11. The molecule has 28 heavy (non-hydrogen) atoms. The van der Waals surface area contributed by atoms with Crippen LogP contribution < -0.4 is 11.5 Å². The second-order valence-electron chi connectivity index (χ2n) is 4.71. The summed E-state index contributed by atoms with van der Waals surface area (Å²) in [5.41, 5.74) is 7.74. The van der Waals surface area contributed by atoms with Crippen molar-refractivity contribution in [2.24, 2.45) is 11.5 Å². The lowest BCUT2D eigenvalue weighted by molar-refractivity contribution is 0.0651. The van der Waals surface area contributed by atoms with Crippen molar-refractivity contribution in [1.29, 1.82) is 0 Å². The Labute approximate surface area is 157 Å². The lowest BCUT2D eigenvalue weighted by Crippen LogP contribution is -2.18. The highest BCUT2D eigenvalue weighted by Crippen LogP contribution is 2.08. The number of carbonyl (C=O) groups excluding carboxylic acids is 1. The lowest BCUT2D eigenvalue weighted by atomic mass is 10.1. The van der Waals surface area contributed by atoms with Crippen molar-refractivity contribution in [3.8, 4) is 0 Å². The van der Waals surface area contributed by atoms with Crippen LogP contribution in [0, 0.1) is 0 Å². The lowest BCUT2D eigenvalue weighted by Gasteiger charge is -1.98. The van der Waals surface area contributed by atoms with Gasteiger partial charge in [0.15, 0.2) is 0 Å². The van der Waals surface area contributed by atoms with Crippen LogP contribution in [0.25, 0.3) is 0 Å². The Hall–Kier alpha value is -4.41. The molecule has 0 fully saturated rings. The van der Waals surface area contributed by atoms with E-state index < -0.39 is 29.9 Å². The van der Waals surface area contributed by atoms with Crippen molar-refractivity contribution in [3.05, 3.63) is 70.8 Å². The molecule has 11 heteroatoms. The number of benzene rings is 2. The number of carboxylic acids is 4. The Morgan fingerprint density at radius 3 is 0.750 bits per heavy atom. The van der Waals surface area contributed by atoms with Gasteiger partial charge in [0.25, 0.3) is 0 Å². The molecule has 2 aromatic carbocycles. The van der Waals surface area contributed by atoms with Gasteiger partial charge in [0.05, 0.1) is 22.3 Å². The summed E-state index contributed by atoms with van der Waals surface area (Å²) in [5.74, 6) is -4.91. The number of hydrogen-bond acceptors (Lipinski definition) is 5. The molecule has 0 radical (unpaired) electrons. The SMILES string of the molecule is NC(N)=O.O=C(O)c1ccccc1C(=O)O.O=C(O)c1ccccc1C(=O)O. The quantitative estimate of drug-likeness (QED) is 0.439. The highest BCUT2D eigenvalue weighted by atomic mass is 16.4. The Bertz CT molecular complexity index is 756. The van der Waals surface area contributed by atoms with Crippen molar-refractivity contribution < 1.29 is 44.4 Å². The monoisotopic (exact) mass is 392 g/mol. The average Bonchev–Trinajstić information content (AvgIpc) is 2.61. The maximum atomic E-state index is 10.5. The van der Waals surface area contributed by atoms with E-state index in [1.165, 1.54) is 48.5 Å². The molecule has 8 N–H and O–H groups in total. The highest BCUT2D eigenvalue weighted by Gasteiger charge is 2.14. The van der Waals surface area contributed by atoms with Gasteiger partial charge in [-0.15, -0.1) is 0 Å². The minimum atomic E-state index is -1.23. The zero-order valence-corrected chi connectivity index (χ0v) is 14.1. The summed E-state index contributed by atoms with van der Waals surface area (Å²) in [5, 5.41) is 34.2. The first-order chi connectivity index (χ1) is 13.0. The summed E-state index contributed by atoms with van der Waals surface area (Å²) in [6, 6.07) is 10.1.